The van der Waals surface area contributed by atoms with E-state index in [1.807, 2.05) is 0 Å². The van der Waals surface area contributed by atoms with Crippen molar-refractivity contribution in [3.05, 3.63) is 0 Å². The van der Waals surface area contributed by atoms with Crippen molar-refractivity contribution in [3.63, 3.8) is 0 Å². The molecule has 0 heterocycles. The van der Waals surface area contributed by atoms with Crippen LogP contribution in [0.15, 0.2) is 0 Å². The van der Waals surface area contributed by atoms with Crippen molar-refractivity contribution < 1.29 is 48.4 Å². The molecule has 110 valence electrons. The van der Waals surface area contributed by atoms with Gasteiger partial charge < -0.3 is 30.6 Å². The number of carboxylic acid groups (broad SMARTS) is 1. The molecule has 0 aromatic heterocycles. The Labute approximate surface area is 102 Å². The molecule has 0 amide bonds. The van der Waals surface area contributed by atoms with Crippen LogP contribution in [0.1, 0.15) is 0 Å². The van der Waals surface area contributed by atoms with Gasteiger partial charge >= 0.3 is 5.97 Å². The van der Waals surface area contributed by atoms with E-state index in [0.29, 0.717) is 6.26 Å². The summed E-state index contributed by atoms with van der Waals surface area (Å²) in [5, 5.41) is 51.8. The lowest BCUT2D eigenvalue weighted by Crippen LogP contribution is -2.48. The highest BCUT2D eigenvalue weighted by Gasteiger charge is 2.33. The van der Waals surface area contributed by atoms with Crippen LogP contribution in [-0.4, -0.2) is 86.9 Å². The van der Waals surface area contributed by atoms with Crippen LogP contribution in [-0.2, 0) is 14.9 Å². The monoisotopic (exact) mass is 292 g/mol. The van der Waals surface area contributed by atoms with Crippen LogP contribution in [0, 0.1) is 0 Å². The maximum atomic E-state index is 10.1. The molecule has 0 spiro atoms. The van der Waals surface area contributed by atoms with Crippen molar-refractivity contribution in [1.29, 1.82) is 0 Å². The summed E-state index contributed by atoms with van der Waals surface area (Å²) in [5.74, 6) is -1.73. The van der Waals surface area contributed by atoms with Crippen LogP contribution >= 0.6 is 0 Å². The molecule has 0 fully saturated rings. The van der Waals surface area contributed by atoms with Gasteiger partial charge in [-0.25, -0.2) is 4.79 Å². The van der Waals surface area contributed by atoms with E-state index in [1.165, 1.54) is 0 Å². The van der Waals surface area contributed by atoms with Crippen molar-refractivity contribution in [1.82, 2.24) is 0 Å². The number of hydrogen-bond acceptors (Lipinski definition) is 8. The number of aliphatic hydroxyl groups is 5. The number of hydrogen-bond donors (Lipinski definition) is 7. The van der Waals surface area contributed by atoms with Gasteiger partial charge in [0.05, 0.1) is 12.9 Å². The number of aliphatic hydroxyl groups excluding tert-OH is 5. The molecule has 0 bridgehead atoms. The van der Waals surface area contributed by atoms with E-state index in [2.05, 4.69) is 0 Å². The number of carbonyl (C=O) groups is 1. The van der Waals surface area contributed by atoms with Gasteiger partial charge in [-0.15, -0.1) is 0 Å². The average Bonchev–Trinajstić information content (AvgIpc) is 2.22. The van der Waals surface area contributed by atoms with Gasteiger partial charge in [0.15, 0.2) is 6.10 Å². The minimum Gasteiger partial charge on any atom is -0.479 e. The van der Waals surface area contributed by atoms with Crippen LogP contribution in [0.4, 0.5) is 0 Å². The van der Waals surface area contributed by atoms with Gasteiger partial charge in [-0.1, -0.05) is 0 Å². The fourth-order valence-electron chi connectivity index (χ4n) is 0.668. The Hall–Kier alpha value is -0.820. The smallest absolute Gasteiger partial charge is 0.335 e. The minimum atomic E-state index is -3.67. The predicted octanol–water partition coefficient (Wildman–Crippen LogP) is -3.99. The summed E-state index contributed by atoms with van der Waals surface area (Å²) in [5.41, 5.74) is 0. The molecule has 4 atom stereocenters. The highest BCUT2D eigenvalue weighted by molar-refractivity contribution is 7.85. The Morgan fingerprint density at radius 1 is 1.11 bits per heavy atom. The molecule has 10 nitrogen and oxygen atoms in total. The normalized spacial score (nSPS) is 17.9. The molecule has 11 heteroatoms. The summed E-state index contributed by atoms with van der Waals surface area (Å²) in [6, 6.07) is 0. The lowest BCUT2D eigenvalue weighted by molar-refractivity contribution is -0.164. The number of aliphatic carboxylic acids is 1. The fraction of sp³-hybridized carbons (Fsp3) is 0.857. The Morgan fingerprint density at radius 2 is 1.44 bits per heavy atom. The average molecular weight is 292 g/mol. The van der Waals surface area contributed by atoms with Crippen molar-refractivity contribution in [2.24, 2.45) is 0 Å². The van der Waals surface area contributed by atoms with Crippen LogP contribution in [0.3, 0.4) is 0 Å². The molecule has 0 saturated heterocycles. The number of rotatable bonds is 5. The van der Waals surface area contributed by atoms with Crippen LogP contribution in [0.5, 0.6) is 0 Å². The van der Waals surface area contributed by atoms with Gasteiger partial charge in [0.1, 0.15) is 18.3 Å². The molecule has 0 saturated carbocycles. The Bertz CT molecular complexity index is 330. The number of carboxylic acids is 1. The summed E-state index contributed by atoms with van der Waals surface area (Å²) < 4.78 is 25.9. The zero-order valence-corrected chi connectivity index (χ0v) is 10.1. The molecule has 0 aliphatic carbocycles. The van der Waals surface area contributed by atoms with E-state index in [4.69, 9.17) is 35.2 Å². The van der Waals surface area contributed by atoms with E-state index < -0.39 is 47.1 Å². The lowest BCUT2D eigenvalue weighted by atomic mass is 10.0. The van der Waals surface area contributed by atoms with Crippen molar-refractivity contribution in [3.8, 4) is 0 Å². The first-order valence-corrected chi connectivity index (χ1v) is 6.25. The maximum Gasteiger partial charge on any atom is 0.335 e. The molecule has 4 unspecified atom stereocenters. The summed E-state index contributed by atoms with van der Waals surface area (Å²) >= 11 is 0. The van der Waals surface area contributed by atoms with E-state index >= 15 is 0 Å². The van der Waals surface area contributed by atoms with Gasteiger partial charge in [-0.05, 0) is 0 Å². The Balaban J connectivity index is 0. The summed E-state index contributed by atoms with van der Waals surface area (Å²) in [6.07, 6.45) is -7.12. The zero-order chi connectivity index (χ0) is 15.1. The molecular weight excluding hydrogens is 276 g/mol. The topological polar surface area (TPSA) is 193 Å². The van der Waals surface area contributed by atoms with Gasteiger partial charge in [0, 0.05) is 0 Å². The van der Waals surface area contributed by atoms with Gasteiger partial charge in [0.2, 0.25) is 0 Å². The Morgan fingerprint density at radius 3 is 1.67 bits per heavy atom. The fourth-order valence-corrected chi connectivity index (χ4v) is 0.668. The molecule has 0 aromatic rings. The molecule has 18 heavy (non-hydrogen) atoms. The third-order valence-electron chi connectivity index (χ3n) is 1.51. The SMILES string of the molecule is CS(=O)(=O)O.O=C(O)C(O)C(O)C(O)C(O)CO. The lowest BCUT2D eigenvalue weighted by Gasteiger charge is -2.23. The predicted molar refractivity (Wildman–Crippen MR) is 56.2 cm³/mol. The molecule has 7 N–H and O–H groups in total. The van der Waals surface area contributed by atoms with E-state index in [-0.39, 0.29) is 0 Å². The third kappa shape index (κ3) is 10.3. The summed E-state index contributed by atoms with van der Waals surface area (Å²) in [6.45, 7) is -0.843. The van der Waals surface area contributed by atoms with Gasteiger partial charge in [-0.2, -0.15) is 8.42 Å². The first-order valence-electron chi connectivity index (χ1n) is 4.40. The first-order chi connectivity index (χ1) is 7.91. The molecular formula is C7H16O10S. The van der Waals surface area contributed by atoms with Crippen molar-refractivity contribution in [2.75, 3.05) is 12.9 Å². The molecule has 0 aromatic carbocycles. The summed E-state index contributed by atoms with van der Waals surface area (Å²) in [7, 11) is -3.67. The molecule has 0 rings (SSSR count). The molecule has 0 radical (unpaired) electrons. The largest absolute Gasteiger partial charge is 0.479 e. The molecule has 0 aliphatic rings. The molecule has 0 aliphatic heterocycles. The maximum absolute atomic E-state index is 10.1. The van der Waals surface area contributed by atoms with E-state index in [9.17, 15) is 13.2 Å². The Kier molecular flexibility index (Phi) is 9.01. The highest BCUT2D eigenvalue weighted by atomic mass is 32.2. The van der Waals surface area contributed by atoms with Gasteiger partial charge in [-0.3, -0.25) is 4.55 Å². The van der Waals surface area contributed by atoms with E-state index in [0.717, 1.165) is 0 Å². The second-order valence-electron chi connectivity index (χ2n) is 3.25. The van der Waals surface area contributed by atoms with Crippen molar-refractivity contribution in [2.45, 2.75) is 24.4 Å². The second kappa shape index (κ2) is 8.31. The third-order valence-corrected chi connectivity index (χ3v) is 1.51. The minimum absolute atomic E-state index is 0.715. The van der Waals surface area contributed by atoms with Gasteiger partial charge in [0.25, 0.3) is 10.1 Å². The quantitative estimate of drug-likeness (QED) is 0.245. The van der Waals surface area contributed by atoms with E-state index in [1.54, 1.807) is 0 Å². The van der Waals surface area contributed by atoms with Crippen LogP contribution < -0.4 is 0 Å². The second-order valence-corrected chi connectivity index (χ2v) is 4.71. The highest BCUT2D eigenvalue weighted by Crippen LogP contribution is 2.04. The van der Waals surface area contributed by atoms with Crippen molar-refractivity contribution >= 4 is 16.1 Å². The first kappa shape index (κ1) is 19.5. The van der Waals surface area contributed by atoms with Crippen LogP contribution in [0.25, 0.3) is 0 Å². The summed E-state index contributed by atoms with van der Waals surface area (Å²) in [4.78, 5) is 10.1. The van der Waals surface area contributed by atoms with Crippen LogP contribution in [0.2, 0.25) is 0 Å². The standard InChI is InChI=1S/C6H12O7.CH4O3S/c7-1-2(8)3(9)4(10)5(11)6(12)13;1-5(2,3)4/h2-5,7-11H,1H2,(H,12,13);1H3,(H,2,3,4). The zero-order valence-electron chi connectivity index (χ0n) is 9.28.